The number of nitrogens with one attached hydrogen (secondary N) is 2. The zero-order chi connectivity index (χ0) is 17.5. The molecule has 0 spiro atoms. The van der Waals surface area contributed by atoms with Crippen LogP contribution >= 0.6 is 0 Å². The van der Waals surface area contributed by atoms with Crippen molar-refractivity contribution in [3.63, 3.8) is 0 Å². The van der Waals surface area contributed by atoms with Gasteiger partial charge in [-0.2, -0.15) is 0 Å². The van der Waals surface area contributed by atoms with Crippen molar-refractivity contribution in [1.29, 1.82) is 0 Å². The Labute approximate surface area is 147 Å². The first-order chi connectivity index (χ1) is 12.2. The maximum absolute atomic E-state index is 13.0. The molecule has 2 aromatic rings. The Morgan fingerprint density at radius 2 is 1.96 bits per heavy atom. The minimum Gasteiger partial charge on any atom is -0.355 e. The molecule has 1 aliphatic carbocycles. The van der Waals surface area contributed by atoms with Crippen LogP contribution in [0, 0.1) is 5.82 Å². The highest BCUT2D eigenvalue weighted by Gasteiger charge is 2.09. The second kappa shape index (κ2) is 8.42. The lowest BCUT2D eigenvalue weighted by molar-refractivity contribution is 0.0949. The van der Waals surface area contributed by atoms with Gasteiger partial charge in [-0.05, 0) is 68.5 Å². The topological polar surface area (TPSA) is 54.0 Å². The number of allylic oxidation sites excluding steroid dienone is 1. The van der Waals surface area contributed by atoms with Gasteiger partial charge in [-0.15, -0.1) is 0 Å². The van der Waals surface area contributed by atoms with E-state index >= 15 is 0 Å². The van der Waals surface area contributed by atoms with Gasteiger partial charge in [-0.3, -0.25) is 9.78 Å². The molecule has 1 aromatic carbocycles. The number of hydrogen-bond donors (Lipinski definition) is 2. The van der Waals surface area contributed by atoms with Crippen LogP contribution in [-0.4, -0.2) is 17.4 Å². The maximum Gasteiger partial charge on any atom is 0.269 e. The fraction of sp³-hybridized carbons (Fsp3) is 0.300. The Balaban J connectivity index is 1.55. The van der Waals surface area contributed by atoms with Crippen LogP contribution < -0.4 is 10.6 Å². The quantitative estimate of drug-likeness (QED) is 0.757. The number of benzene rings is 1. The van der Waals surface area contributed by atoms with Crippen molar-refractivity contribution >= 4 is 17.3 Å². The first kappa shape index (κ1) is 17.1. The Morgan fingerprint density at radius 1 is 1.12 bits per heavy atom. The summed E-state index contributed by atoms with van der Waals surface area (Å²) in [6.45, 7) is 0.627. The van der Waals surface area contributed by atoms with Crippen LogP contribution in [-0.2, 0) is 0 Å². The summed E-state index contributed by atoms with van der Waals surface area (Å²) in [6.07, 6.45) is 9.60. The third kappa shape index (κ3) is 5.14. The zero-order valence-electron chi connectivity index (χ0n) is 14.1. The monoisotopic (exact) mass is 339 g/mol. The van der Waals surface area contributed by atoms with Crippen LogP contribution in [0.2, 0.25) is 0 Å². The molecule has 0 unspecified atom stereocenters. The summed E-state index contributed by atoms with van der Waals surface area (Å²) in [4.78, 5) is 16.4. The molecule has 0 saturated heterocycles. The van der Waals surface area contributed by atoms with Gasteiger partial charge in [0.1, 0.15) is 11.5 Å². The van der Waals surface area contributed by atoms with E-state index in [1.54, 1.807) is 30.5 Å². The largest absolute Gasteiger partial charge is 0.355 e. The molecule has 5 heteroatoms. The van der Waals surface area contributed by atoms with E-state index < -0.39 is 0 Å². The Kier molecular flexibility index (Phi) is 5.77. The van der Waals surface area contributed by atoms with E-state index in [0.29, 0.717) is 12.2 Å². The molecular formula is C20H22FN3O. The minimum atomic E-state index is -0.284. The third-order valence-corrected chi connectivity index (χ3v) is 4.24. The van der Waals surface area contributed by atoms with E-state index in [9.17, 15) is 9.18 Å². The van der Waals surface area contributed by atoms with E-state index in [-0.39, 0.29) is 11.7 Å². The summed E-state index contributed by atoms with van der Waals surface area (Å²) in [7, 11) is 0. The fourth-order valence-electron chi connectivity index (χ4n) is 2.89. The van der Waals surface area contributed by atoms with E-state index in [1.807, 2.05) is 0 Å². The summed E-state index contributed by atoms with van der Waals surface area (Å²) in [5, 5.41) is 6.06. The molecule has 1 heterocycles. The van der Waals surface area contributed by atoms with Gasteiger partial charge in [-0.1, -0.05) is 11.6 Å². The van der Waals surface area contributed by atoms with Gasteiger partial charge in [-0.25, -0.2) is 4.39 Å². The first-order valence-electron chi connectivity index (χ1n) is 8.65. The van der Waals surface area contributed by atoms with Crippen LogP contribution in [0.15, 0.2) is 54.2 Å². The van der Waals surface area contributed by atoms with Crippen molar-refractivity contribution in [1.82, 2.24) is 10.3 Å². The highest BCUT2D eigenvalue weighted by molar-refractivity contribution is 5.93. The van der Waals surface area contributed by atoms with Crippen LogP contribution in [0.3, 0.4) is 0 Å². The molecule has 3 rings (SSSR count). The molecule has 0 fully saturated rings. The highest BCUT2D eigenvalue weighted by Crippen LogP contribution is 2.20. The molecule has 0 aliphatic heterocycles. The van der Waals surface area contributed by atoms with Crippen molar-refractivity contribution in [2.45, 2.75) is 32.1 Å². The average molecular weight is 339 g/mol. The average Bonchev–Trinajstić information content (AvgIpc) is 2.65. The highest BCUT2D eigenvalue weighted by atomic mass is 19.1. The molecule has 130 valence electrons. The molecule has 4 nitrogen and oxygen atoms in total. The number of carbonyl (C=O) groups is 1. The van der Waals surface area contributed by atoms with Crippen molar-refractivity contribution in [3.8, 4) is 0 Å². The van der Waals surface area contributed by atoms with Gasteiger partial charge >= 0.3 is 0 Å². The minimum absolute atomic E-state index is 0.181. The molecule has 0 atom stereocenters. The van der Waals surface area contributed by atoms with Gasteiger partial charge in [0.15, 0.2) is 0 Å². The van der Waals surface area contributed by atoms with E-state index in [4.69, 9.17) is 0 Å². The van der Waals surface area contributed by atoms with Crippen LogP contribution in [0.4, 0.5) is 15.8 Å². The SMILES string of the molecule is O=C(NCCC1=CCCCC1)c1cc(Nc2ccc(F)cc2)ccn1. The standard InChI is InChI=1S/C20H22FN3O/c21-16-6-8-17(9-7-16)24-18-11-13-22-19(14-18)20(25)23-12-10-15-4-2-1-3-5-15/h4,6-9,11,13-14H,1-3,5,10,12H2,(H,22,24)(H,23,25). The molecule has 0 radical (unpaired) electrons. The summed E-state index contributed by atoms with van der Waals surface area (Å²) in [6, 6.07) is 9.53. The van der Waals surface area contributed by atoms with E-state index in [2.05, 4.69) is 21.7 Å². The third-order valence-electron chi connectivity index (χ3n) is 4.24. The van der Waals surface area contributed by atoms with E-state index in [0.717, 1.165) is 30.6 Å². The summed E-state index contributed by atoms with van der Waals surface area (Å²) in [5.74, 6) is -0.465. The van der Waals surface area contributed by atoms with Gasteiger partial charge in [0.05, 0.1) is 0 Å². The van der Waals surface area contributed by atoms with Crippen molar-refractivity contribution in [2.24, 2.45) is 0 Å². The van der Waals surface area contributed by atoms with Gasteiger partial charge in [0.25, 0.3) is 5.91 Å². The van der Waals surface area contributed by atoms with Crippen molar-refractivity contribution in [2.75, 3.05) is 11.9 Å². The first-order valence-corrected chi connectivity index (χ1v) is 8.65. The second-order valence-electron chi connectivity index (χ2n) is 6.18. The summed E-state index contributed by atoms with van der Waals surface area (Å²) in [5.41, 5.74) is 3.29. The molecule has 0 saturated carbocycles. The van der Waals surface area contributed by atoms with Crippen molar-refractivity contribution in [3.05, 3.63) is 65.8 Å². The van der Waals surface area contributed by atoms with Crippen LogP contribution in [0.5, 0.6) is 0 Å². The van der Waals surface area contributed by atoms with Crippen LogP contribution in [0.25, 0.3) is 0 Å². The van der Waals surface area contributed by atoms with Crippen LogP contribution in [0.1, 0.15) is 42.6 Å². The molecule has 25 heavy (non-hydrogen) atoms. The molecule has 1 aromatic heterocycles. The maximum atomic E-state index is 13.0. The number of carbonyl (C=O) groups excluding carboxylic acids is 1. The van der Waals surface area contributed by atoms with Crippen molar-refractivity contribution < 1.29 is 9.18 Å². The molecule has 1 aliphatic rings. The number of halogens is 1. The lowest BCUT2D eigenvalue weighted by atomic mass is 9.97. The Bertz CT molecular complexity index is 756. The number of hydrogen-bond acceptors (Lipinski definition) is 3. The molecule has 2 N–H and O–H groups in total. The lowest BCUT2D eigenvalue weighted by Gasteiger charge is -2.13. The number of rotatable bonds is 6. The predicted octanol–water partition coefficient (Wildman–Crippen LogP) is 4.58. The number of anilines is 2. The number of nitrogens with zero attached hydrogens (tertiary/aromatic N) is 1. The van der Waals surface area contributed by atoms with E-state index in [1.165, 1.54) is 30.5 Å². The molecule has 1 amide bonds. The summed E-state index contributed by atoms with van der Waals surface area (Å²) < 4.78 is 13.0. The Hall–Kier alpha value is -2.69. The smallest absolute Gasteiger partial charge is 0.269 e. The summed E-state index contributed by atoms with van der Waals surface area (Å²) >= 11 is 0. The zero-order valence-corrected chi connectivity index (χ0v) is 14.1. The Morgan fingerprint density at radius 3 is 2.72 bits per heavy atom. The predicted molar refractivity (Wildman–Crippen MR) is 97.4 cm³/mol. The molecule has 0 bridgehead atoms. The fourth-order valence-corrected chi connectivity index (χ4v) is 2.89. The number of aromatic nitrogens is 1. The lowest BCUT2D eigenvalue weighted by Crippen LogP contribution is -2.25. The molecular weight excluding hydrogens is 317 g/mol. The number of amides is 1. The van der Waals surface area contributed by atoms with Gasteiger partial charge in [0.2, 0.25) is 0 Å². The van der Waals surface area contributed by atoms with Gasteiger partial charge < -0.3 is 10.6 Å². The number of pyridine rings is 1. The van der Waals surface area contributed by atoms with Gasteiger partial charge in [0, 0.05) is 24.1 Å². The normalized spacial score (nSPS) is 13.9. The second-order valence-corrected chi connectivity index (χ2v) is 6.18.